The molecule has 0 aromatic heterocycles. The average molecular weight is 304 g/mol. The smallest absolute Gasteiger partial charge is 0.193 e. The highest BCUT2D eigenvalue weighted by atomic mass is 35.5. The zero-order valence-corrected chi connectivity index (χ0v) is 12.9. The van der Waals surface area contributed by atoms with Gasteiger partial charge >= 0.3 is 0 Å². The molecular weight excluding hydrogens is 286 g/mol. The SMILES string of the molecule is CNCCc1ccccc1C(=O)c1ccc(Cl)c(OC)c1. The fourth-order valence-electron chi connectivity index (χ4n) is 2.18. The summed E-state index contributed by atoms with van der Waals surface area (Å²) in [7, 11) is 3.44. The van der Waals surface area contributed by atoms with Crippen LogP contribution in [0, 0.1) is 0 Å². The molecule has 110 valence electrons. The molecular formula is C17H18ClNO2. The molecule has 0 bridgehead atoms. The minimum Gasteiger partial charge on any atom is -0.495 e. The van der Waals surface area contributed by atoms with Crippen molar-refractivity contribution in [2.45, 2.75) is 6.42 Å². The maximum atomic E-state index is 12.7. The second kappa shape index (κ2) is 7.25. The van der Waals surface area contributed by atoms with E-state index >= 15 is 0 Å². The molecule has 4 heteroatoms. The van der Waals surface area contributed by atoms with Gasteiger partial charge in [-0.2, -0.15) is 0 Å². The molecule has 0 aliphatic heterocycles. The third-order valence-electron chi connectivity index (χ3n) is 3.32. The molecule has 0 fully saturated rings. The van der Waals surface area contributed by atoms with Crippen molar-refractivity contribution in [1.29, 1.82) is 0 Å². The number of rotatable bonds is 6. The zero-order chi connectivity index (χ0) is 15.2. The van der Waals surface area contributed by atoms with Crippen molar-refractivity contribution in [3.05, 3.63) is 64.2 Å². The fourth-order valence-corrected chi connectivity index (χ4v) is 2.37. The fraction of sp³-hybridized carbons (Fsp3) is 0.235. The molecule has 2 aromatic carbocycles. The van der Waals surface area contributed by atoms with Crippen molar-refractivity contribution in [2.24, 2.45) is 0 Å². The van der Waals surface area contributed by atoms with Gasteiger partial charge in [0, 0.05) is 11.1 Å². The number of benzene rings is 2. The number of methoxy groups -OCH3 is 1. The van der Waals surface area contributed by atoms with Crippen LogP contribution in [0.15, 0.2) is 42.5 Å². The van der Waals surface area contributed by atoms with Crippen molar-refractivity contribution in [2.75, 3.05) is 20.7 Å². The molecule has 0 heterocycles. The van der Waals surface area contributed by atoms with Crippen LogP contribution in [0.1, 0.15) is 21.5 Å². The van der Waals surface area contributed by atoms with Gasteiger partial charge in [-0.1, -0.05) is 35.9 Å². The van der Waals surface area contributed by atoms with E-state index in [9.17, 15) is 4.79 Å². The van der Waals surface area contributed by atoms with E-state index in [0.29, 0.717) is 16.3 Å². The van der Waals surface area contributed by atoms with E-state index in [1.54, 1.807) is 18.2 Å². The Morgan fingerprint density at radius 3 is 2.71 bits per heavy atom. The normalized spacial score (nSPS) is 10.4. The van der Waals surface area contributed by atoms with Gasteiger partial charge in [-0.3, -0.25) is 4.79 Å². The van der Waals surface area contributed by atoms with E-state index in [4.69, 9.17) is 16.3 Å². The van der Waals surface area contributed by atoms with Crippen molar-refractivity contribution < 1.29 is 9.53 Å². The summed E-state index contributed by atoms with van der Waals surface area (Å²) in [5.74, 6) is 0.492. The molecule has 0 amide bonds. The summed E-state index contributed by atoms with van der Waals surface area (Å²) in [4.78, 5) is 12.7. The molecule has 0 spiro atoms. The summed E-state index contributed by atoms with van der Waals surface area (Å²) in [5, 5.41) is 3.60. The average Bonchev–Trinajstić information content (AvgIpc) is 2.53. The van der Waals surface area contributed by atoms with Crippen molar-refractivity contribution in [1.82, 2.24) is 5.32 Å². The lowest BCUT2D eigenvalue weighted by atomic mass is 9.96. The lowest BCUT2D eigenvalue weighted by Crippen LogP contribution is -2.13. The Morgan fingerprint density at radius 2 is 2.00 bits per heavy atom. The predicted octanol–water partition coefficient (Wildman–Crippen LogP) is 3.34. The highest BCUT2D eigenvalue weighted by Gasteiger charge is 2.14. The van der Waals surface area contributed by atoms with Gasteiger partial charge in [0.2, 0.25) is 0 Å². The zero-order valence-electron chi connectivity index (χ0n) is 12.2. The Balaban J connectivity index is 2.36. The minimum absolute atomic E-state index is 0.0170. The van der Waals surface area contributed by atoms with E-state index in [1.165, 1.54) is 7.11 Å². The van der Waals surface area contributed by atoms with Crippen LogP contribution < -0.4 is 10.1 Å². The van der Waals surface area contributed by atoms with Crippen molar-refractivity contribution in [3.63, 3.8) is 0 Å². The Labute approximate surface area is 129 Å². The molecule has 2 aromatic rings. The van der Waals surface area contributed by atoms with E-state index in [0.717, 1.165) is 24.1 Å². The van der Waals surface area contributed by atoms with E-state index in [2.05, 4.69) is 5.32 Å². The van der Waals surface area contributed by atoms with Gasteiger partial charge in [-0.15, -0.1) is 0 Å². The third kappa shape index (κ3) is 3.63. The van der Waals surface area contributed by atoms with Crippen molar-refractivity contribution >= 4 is 17.4 Å². The summed E-state index contributed by atoms with van der Waals surface area (Å²) in [5.41, 5.74) is 2.33. The summed E-state index contributed by atoms with van der Waals surface area (Å²) >= 11 is 6.00. The molecule has 0 aliphatic carbocycles. The first-order chi connectivity index (χ1) is 10.2. The van der Waals surface area contributed by atoms with Gasteiger partial charge in [0.25, 0.3) is 0 Å². The predicted molar refractivity (Wildman–Crippen MR) is 85.5 cm³/mol. The van der Waals surface area contributed by atoms with Crippen LogP contribution in [0.4, 0.5) is 0 Å². The number of carbonyl (C=O) groups excluding carboxylic acids is 1. The molecule has 21 heavy (non-hydrogen) atoms. The molecule has 0 atom stereocenters. The molecule has 2 rings (SSSR count). The Hall–Kier alpha value is -1.84. The lowest BCUT2D eigenvalue weighted by molar-refractivity contribution is 0.103. The first kappa shape index (κ1) is 15.5. The molecule has 0 unspecified atom stereocenters. The monoisotopic (exact) mass is 303 g/mol. The van der Waals surface area contributed by atoms with Gasteiger partial charge in [0.05, 0.1) is 12.1 Å². The third-order valence-corrected chi connectivity index (χ3v) is 3.63. The largest absolute Gasteiger partial charge is 0.495 e. The van der Waals surface area contributed by atoms with Crippen LogP contribution in [0.5, 0.6) is 5.75 Å². The number of carbonyl (C=O) groups is 1. The van der Waals surface area contributed by atoms with E-state index in [-0.39, 0.29) is 5.78 Å². The summed E-state index contributed by atoms with van der Waals surface area (Å²) in [6.07, 6.45) is 0.809. The number of ketones is 1. The Kier molecular flexibility index (Phi) is 5.37. The number of ether oxygens (including phenoxy) is 1. The Morgan fingerprint density at radius 1 is 1.24 bits per heavy atom. The topological polar surface area (TPSA) is 38.3 Å². The highest BCUT2D eigenvalue weighted by Crippen LogP contribution is 2.26. The van der Waals surface area contributed by atoms with Crippen LogP contribution in [-0.2, 0) is 6.42 Å². The Bertz CT molecular complexity index is 640. The molecule has 0 saturated carbocycles. The van der Waals surface area contributed by atoms with Crippen LogP contribution in [0.3, 0.4) is 0 Å². The van der Waals surface area contributed by atoms with Crippen LogP contribution in [0.25, 0.3) is 0 Å². The first-order valence-corrected chi connectivity index (χ1v) is 7.16. The molecule has 0 aliphatic rings. The van der Waals surface area contributed by atoms with E-state index in [1.807, 2.05) is 31.3 Å². The van der Waals surface area contributed by atoms with Crippen LogP contribution in [0.2, 0.25) is 5.02 Å². The van der Waals surface area contributed by atoms with Gasteiger partial charge in [-0.25, -0.2) is 0 Å². The quantitative estimate of drug-likeness (QED) is 0.832. The number of hydrogen-bond donors (Lipinski definition) is 1. The first-order valence-electron chi connectivity index (χ1n) is 6.78. The number of nitrogens with one attached hydrogen (secondary N) is 1. The minimum atomic E-state index is -0.0170. The molecule has 3 nitrogen and oxygen atoms in total. The molecule has 1 N–H and O–H groups in total. The van der Waals surface area contributed by atoms with E-state index < -0.39 is 0 Å². The van der Waals surface area contributed by atoms with Gasteiger partial charge in [0.1, 0.15) is 5.75 Å². The summed E-state index contributed by atoms with van der Waals surface area (Å²) in [6.45, 7) is 0.828. The highest BCUT2D eigenvalue weighted by molar-refractivity contribution is 6.32. The number of hydrogen-bond acceptors (Lipinski definition) is 3. The second-order valence-corrected chi connectivity index (χ2v) is 5.10. The maximum Gasteiger partial charge on any atom is 0.193 e. The summed E-state index contributed by atoms with van der Waals surface area (Å²) in [6, 6.07) is 12.8. The van der Waals surface area contributed by atoms with Crippen LogP contribution in [-0.4, -0.2) is 26.5 Å². The van der Waals surface area contributed by atoms with Crippen LogP contribution >= 0.6 is 11.6 Å². The number of halogens is 1. The maximum absolute atomic E-state index is 12.7. The lowest BCUT2D eigenvalue weighted by Gasteiger charge is -2.10. The standard InChI is InChI=1S/C17H18ClNO2/c1-19-10-9-12-5-3-4-6-14(12)17(20)13-7-8-15(18)16(11-13)21-2/h3-8,11,19H,9-10H2,1-2H3. The summed E-state index contributed by atoms with van der Waals surface area (Å²) < 4.78 is 5.17. The van der Waals surface area contributed by atoms with Gasteiger partial charge in [-0.05, 0) is 43.8 Å². The second-order valence-electron chi connectivity index (χ2n) is 4.69. The number of likely N-dealkylation sites (N-methyl/N-ethyl adjacent to an activating group) is 1. The van der Waals surface area contributed by atoms with Gasteiger partial charge < -0.3 is 10.1 Å². The van der Waals surface area contributed by atoms with Crippen molar-refractivity contribution in [3.8, 4) is 5.75 Å². The molecule has 0 saturated heterocycles. The van der Waals surface area contributed by atoms with Gasteiger partial charge in [0.15, 0.2) is 5.78 Å². The molecule has 0 radical (unpaired) electrons.